The van der Waals surface area contributed by atoms with Gasteiger partial charge in [0.1, 0.15) is 6.10 Å². The van der Waals surface area contributed by atoms with Crippen LogP contribution in [-0.4, -0.2) is 44.6 Å². The van der Waals surface area contributed by atoms with Crippen LogP contribution in [0.15, 0.2) is 0 Å². The lowest BCUT2D eigenvalue weighted by Gasteiger charge is -2.27. The van der Waals surface area contributed by atoms with Crippen LogP contribution in [0.25, 0.3) is 0 Å². The number of hydrogen-bond donors (Lipinski definition) is 1. The summed E-state index contributed by atoms with van der Waals surface area (Å²) in [5, 5.41) is 3.03. The van der Waals surface area contributed by atoms with Crippen molar-refractivity contribution in [3.8, 4) is 0 Å². The van der Waals surface area contributed by atoms with Crippen LogP contribution in [-0.2, 0) is 19.4 Å². The summed E-state index contributed by atoms with van der Waals surface area (Å²) >= 11 is 0. The molecule has 0 bridgehead atoms. The van der Waals surface area contributed by atoms with Crippen LogP contribution in [0, 0.1) is 0 Å². The lowest BCUT2D eigenvalue weighted by molar-refractivity contribution is -0.153. The van der Waals surface area contributed by atoms with Gasteiger partial charge in [0.15, 0.2) is 9.84 Å². The van der Waals surface area contributed by atoms with Crippen molar-refractivity contribution in [1.29, 1.82) is 0 Å². The van der Waals surface area contributed by atoms with Crippen molar-refractivity contribution >= 4 is 15.8 Å². The van der Waals surface area contributed by atoms with Gasteiger partial charge in [0, 0.05) is 12.6 Å². The van der Waals surface area contributed by atoms with E-state index < -0.39 is 9.84 Å². The second-order valence-electron chi connectivity index (χ2n) is 4.51. The molecule has 1 atom stereocenters. The Morgan fingerprint density at radius 1 is 1.38 bits per heavy atom. The Balaban J connectivity index is 1.77. The van der Waals surface area contributed by atoms with Gasteiger partial charge in [0.25, 0.3) is 0 Å². The van der Waals surface area contributed by atoms with Gasteiger partial charge in [-0.25, -0.2) is 8.42 Å². The van der Waals surface area contributed by atoms with Gasteiger partial charge in [-0.15, -0.1) is 0 Å². The summed E-state index contributed by atoms with van der Waals surface area (Å²) in [4.78, 5) is 11.5. The molecule has 2 rings (SSSR count). The van der Waals surface area contributed by atoms with E-state index in [0.717, 1.165) is 19.3 Å². The van der Waals surface area contributed by atoms with Gasteiger partial charge < -0.3 is 10.1 Å². The van der Waals surface area contributed by atoms with Crippen LogP contribution in [0.5, 0.6) is 0 Å². The molecule has 0 amide bonds. The molecule has 0 radical (unpaired) electrons. The van der Waals surface area contributed by atoms with E-state index in [-0.39, 0.29) is 36.0 Å². The van der Waals surface area contributed by atoms with Crippen molar-refractivity contribution in [3.63, 3.8) is 0 Å². The van der Waals surface area contributed by atoms with E-state index in [1.807, 2.05) is 0 Å². The topological polar surface area (TPSA) is 72.5 Å². The average molecular weight is 247 g/mol. The molecule has 1 aliphatic carbocycles. The Labute approximate surface area is 95.5 Å². The Bertz CT molecular complexity index is 361. The molecule has 1 unspecified atom stereocenters. The molecule has 0 aromatic rings. The second-order valence-corrected chi connectivity index (χ2v) is 6.74. The van der Waals surface area contributed by atoms with Gasteiger partial charge in [-0.2, -0.15) is 0 Å². The Hall–Kier alpha value is -0.620. The van der Waals surface area contributed by atoms with Crippen LogP contribution >= 0.6 is 0 Å². The number of hydrogen-bond acceptors (Lipinski definition) is 5. The average Bonchev–Trinajstić information content (AvgIpc) is 2.10. The van der Waals surface area contributed by atoms with Crippen molar-refractivity contribution < 1.29 is 17.9 Å². The molecule has 1 N–H and O–H groups in total. The highest BCUT2D eigenvalue weighted by molar-refractivity contribution is 7.91. The fraction of sp³-hybridized carbons (Fsp3) is 0.900. The van der Waals surface area contributed by atoms with E-state index in [1.165, 1.54) is 0 Å². The summed E-state index contributed by atoms with van der Waals surface area (Å²) in [6, 6.07) is -0.272. The number of carbonyl (C=O) groups excluding carboxylic acids is 1. The minimum Gasteiger partial charge on any atom is -0.462 e. The highest BCUT2D eigenvalue weighted by atomic mass is 32.2. The molecular weight excluding hydrogens is 230 g/mol. The predicted octanol–water partition coefficient (Wildman–Crippen LogP) is -0.141. The van der Waals surface area contributed by atoms with E-state index in [1.54, 1.807) is 0 Å². The van der Waals surface area contributed by atoms with Gasteiger partial charge in [0.05, 0.1) is 17.9 Å². The molecule has 0 aromatic carbocycles. The number of sulfone groups is 1. The van der Waals surface area contributed by atoms with E-state index in [9.17, 15) is 13.2 Å². The zero-order valence-electron chi connectivity index (χ0n) is 9.15. The zero-order valence-corrected chi connectivity index (χ0v) is 9.96. The standard InChI is InChI=1S/C10H17NO4S/c12-10(15-9-2-1-3-9)6-8-7-16(13,14)5-4-11-8/h8-9,11H,1-7H2. The van der Waals surface area contributed by atoms with E-state index in [4.69, 9.17) is 4.74 Å². The van der Waals surface area contributed by atoms with Crippen molar-refractivity contribution in [3.05, 3.63) is 0 Å². The maximum Gasteiger partial charge on any atom is 0.307 e. The summed E-state index contributed by atoms with van der Waals surface area (Å²) in [5.74, 6) is -0.0622. The van der Waals surface area contributed by atoms with Crippen molar-refractivity contribution in [1.82, 2.24) is 5.32 Å². The van der Waals surface area contributed by atoms with Gasteiger partial charge >= 0.3 is 5.97 Å². The first-order valence-corrected chi connectivity index (χ1v) is 7.50. The molecule has 1 saturated carbocycles. The van der Waals surface area contributed by atoms with E-state index in [2.05, 4.69) is 5.32 Å². The predicted molar refractivity (Wildman–Crippen MR) is 58.8 cm³/mol. The summed E-state index contributed by atoms with van der Waals surface area (Å²) in [7, 11) is -2.97. The minimum absolute atomic E-state index is 0.0484. The molecule has 16 heavy (non-hydrogen) atoms. The maximum absolute atomic E-state index is 11.5. The maximum atomic E-state index is 11.5. The Kier molecular flexibility index (Phi) is 3.49. The van der Waals surface area contributed by atoms with Gasteiger partial charge in [-0.05, 0) is 19.3 Å². The van der Waals surface area contributed by atoms with Crippen LogP contribution in [0.4, 0.5) is 0 Å². The molecule has 2 aliphatic rings. The highest BCUT2D eigenvalue weighted by Gasteiger charge is 2.28. The third-order valence-electron chi connectivity index (χ3n) is 3.06. The molecule has 6 heteroatoms. The fourth-order valence-electron chi connectivity index (χ4n) is 1.92. The number of nitrogens with one attached hydrogen (secondary N) is 1. The molecule has 2 fully saturated rings. The highest BCUT2D eigenvalue weighted by Crippen LogP contribution is 2.22. The quantitative estimate of drug-likeness (QED) is 0.703. The summed E-state index contributed by atoms with van der Waals surface area (Å²) in [5.41, 5.74) is 0. The Morgan fingerprint density at radius 2 is 2.12 bits per heavy atom. The zero-order chi connectivity index (χ0) is 11.6. The van der Waals surface area contributed by atoms with Gasteiger partial charge in [-0.1, -0.05) is 0 Å². The number of carbonyl (C=O) groups is 1. The largest absolute Gasteiger partial charge is 0.462 e. The number of ether oxygens (including phenoxy) is 1. The number of esters is 1. The monoisotopic (exact) mass is 247 g/mol. The lowest BCUT2D eigenvalue weighted by atomic mass is 9.96. The van der Waals surface area contributed by atoms with Gasteiger partial charge in [-0.3, -0.25) is 4.79 Å². The fourth-order valence-corrected chi connectivity index (χ4v) is 3.37. The molecule has 92 valence electrons. The van der Waals surface area contributed by atoms with Crippen LogP contribution in [0.1, 0.15) is 25.7 Å². The molecule has 0 aromatic heterocycles. The summed E-state index contributed by atoms with van der Waals surface area (Å²) in [6.07, 6.45) is 3.25. The van der Waals surface area contributed by atoms with E-state index >= 15 is 0 Å². The van der Waals surface area contributed by atoms with Crippen molar-refractivity contribution in [2.45, 2.75) is 37.8 Å². The molecular formula is C10H17NO4S. The normalized spacial score (nSPS) is 29.4. The van der Waals surface area contributed by atoms with Crippen LogP contribution < -0.4 is 5.32 Å². The smallest absolute Gasteiger partial charge is 0.307 e. The van der Waals surface area contributed by atoms with Crippen LogP contribution in [0.2, 0.25) is 0 Å². The van der Waals surface area contributed by atoms with Crippen LogP contribution in [0.3, 0.4) is 0 Å². The lowest BCUT2D eigenvalue weighted by Crippen LogP contribution is -2.46. The number of rotatable bonds is 3. The summed E-state index contributed by atoms with van der Waals surface area (Å²) < 4.78 is 27.9. The third kappa shape index (κ3) is 3.18. The molecule has 1 saturated heterocycles. The molecule has 1 aliphatic heterocycles. The van der Waals surface area contributed by atoms with E-state index in [0.29, 0.717) is 6.54 Å². The first kappa shape index (κ1) is 11.9. The molecule has 5 nitrogen and oxygen atoms in total. The Morgan fingerprint density at radius 3 is 2.69 bits per heavy atom. The minimum atomic E-state index is -2.97. The first-order chi connectivity index (χ1) is 7.55. The SMILES string of the molecule is O=C(CC1CS(=O)(=O)CCN1)OC1CCC1. The van der Waals surface area contributed by atoms with Crippen molar-refractivity contribution in [2.75, 3.05) is 18.1 Å². The first-order valence-electron chi connectivity index (χ1n) is 5.68. The second kappa shape index (κ2) is 4.71. The molecule has 0 spiro atoms. The van der Waals surface area contributed by atoms with Gasteiger partial charge in [0.2, 0.25) is 0 Å². The summed E-state index contributed by atoms with van der Waals surface area (Å²) in [6.45, 7) is 0.434. The van der Waals surface area contributed by atoms with Crippen molar-refractivity contribution in [2.24, 2.45) is 0 Å². The third-order valence-corrected chi connectivity index (χ3v) is 4.80. The molecule has 1 heterocycles.